The van der Waals surface area contributed by atoms with Crippen molar-refractivity contribution >= 4 is 23.0 Å². The van der Waals surface area contributed by atoms with Crippen LogP contribution in [0.1, 0.15) is 27.0 Å². The number of carbonyl (C=O) groups is 1. The summed E-state index contributed by atoms with van der Waals surface area (Å²) in [6.45, 7) is 3.80. The van der Waals surface area contributed by atoms with Crippen molar-refractivity contribution in [1.29, 1.82) is 0 Å². The van der Waals surface area contributed by atoms with Crippen LogP contribution in [0.25, 0.3) is 0 Å². The van der Waals surface area contributed by atoms with Gasteiger partial charge in [-0.1, -0.05) is 12.1 Å². The van der Waals surface area contributed by atoms with Crippen LogP contribution in [0.3, 0.4) is 0 Å². The van der Waals surface area contributed by atoms with Gasteiger partial charge in [0.25, 0.3) is 5.91 Å². The quantitative estimate of drug-likeness (QED) is 0.678. The number of halogens is 1. The molecule has 0 saturated heterocycles. The molecule has 0 fully saturated rings. The largest absolute Gasteiger partial charge is 0.274 e. The second-order valence-electron chi connectivity index (χ2n) is 4.03. The molecule has 0 aliphatic heterocycles. The summed E-state index contributed by atoms with van der Waals surface area (Å²) >= 11 is 1.59. The van der Waals surface area contributed by atoms with Crippen LogP contribution in [0.15, 0.2) is 41.5 Å². The predicted octanol–water partition coefficient (Wildman–Crippen LogP) is 3.35. The zero-order valence-corrected chi connectivity index (χ0v) is 11.4. The van der Waals surface area contributed by atoms with Gasteiger partial charge in [0.05, 0.1) is 16.2 Å². The molecule has 3 nitrogen and oxygen atoms in total. The summed E-state index contributed by atoms with van der Waals surface area (Å²) in [5, 5.41) is 3.99. The van der Waals surface area contributed by atoms with Crippen LogP contribution in [0.5, 0.6) is 0 Å². The summed E-state index contributed by atoms with van der Waals surface area (Å²) in [7, 11) is 0. The molecule has 0 aliphatic carbocycles. The highest BCUT2D eigenvalue weighted by Crippen LogP contribution is 2.15. The van der Waals surface area contributed by atoms with Gasteiger partial charge in [0.1, 0.15) is 5.82 Å². The van der Waals surface area contributed by atoms with Crippen LogP contribution in [-0.2, 0) is 0 Å². The van der Waals surface area contributed by atoms with Crippen molar-refractivity contribution in [1.82, 2.24) is 5.43 Å². The van der Waals surface area contributed by atoms with Gasteiger partial charge in [-0.15, -0.1) is 11.3 Å². The number of hydrazone groups is 1. The maximum atomic E-state index is 13.4. The third kappa shape index (κ3) is 3.26. The number of thiophene rings is 1. The van der Waals surface area contributed by atoms with E-state index in [4.69, 9.17) is 0 Å². The Hall–Kier alpha value is -2.01. The molecule has 0 aliphatic rings. The van der Waals surface area contributed by atoms with Crippen molar-refractivity contribution in [3.05, 3.63) is 57.5 Å². The minimum Gasteiger partial charge on any atom is -0.267 e. The molecule has 1 heterocycles. The van der Waals surface area contributed by atoms with Gasteiger partial charge in [-0.25, -0.2) is 9.82 Å². The number of benzene rings is 1. The van der Waals surface area contributed by atoms with Gasteiger partial charge in [0.2, 0.25) is 0 Å². The molecule has 98 valence electrons. The van der Waals surface area contributed by atoms with E-state index in [0.717, 1.165) is 4.88 Å². The number of nitrogens with one attached hydrogen (secondary N) is 1. The first kappa shape index (κ1) is 13.4. The minimum absolute atomic E-state index is 0.0126. The van der Waals surface area contributed by atoms with Crippen molar-refractivity contribution in [3.63, 3.8) is 0 Å². The number of aryl methyl sites for hydroxylation is 1. The Morgan fingerprint density at radius 1 is 1.26 bits per heavy atom. The minimum atomic E-state index is -0.556. The lowest BCUT2D eigenvalue weighted by Gasteiger charge is -2.02. The number of rotatable bonds is 3. The molecule has 0 saturated carbocycles. The number of hydrogen-bond acceptors (Lipinski definition) is 3. The Balaban J connectivity index is 2.10. The van der Waals surface area contributed by atoms with Gasteiger partial charge in [0.15, 0.2) is 0 Å². The van der Waals surface area contributed by atoms with Crippen molar-refractivity contribution in [2.75, 3.05) is 0 Å². The van der Waals surface area contributed by atoms with E-state index in [9.17, 15) is 9.18 Å². The summed E-state index contributed by atoms with van der Waals surface area (Å²) in [4.78, 5) is 13.9. The van der Waals surface area contributed by atoms with Gasteiger partial charge in [-0.3, -0.25) is 4.79 Å². The first-order chi connectivity index (χ1) is 9.08. The molecule has 0 bridgehead atoms. The zero-order valence-electron chi connectivity index (χ0n) is 10.6. The normalized spacial score (nSPS) is 11.4. The van der Waals surface area contributed by atoms with Crippen molar-refractivity contribution in [2.24, 2.45) is 5.10 Å². The van der Waals surface area contributed by atoms with Crippen molar-refractivity contribution in [2.45, 2.75) is 13.8 Å². The van der Waals surface area contributed by atoms with Crippen LogP contribution >= 0.6 is 11.3 Å². The molecular weight excluding hydrogens is 263 g/mol. The van der Waals surface area contributed by atoms with Crippen LogP contribution in [-0.4, -0.2) is 11.6 Å². The average molecular weight is 276 g/mol. The molecule has 0 spiro atoms. The molecule has 2 rings (SSSR count). The number of amides is 1. The summed E-state index contributed by atoms with van der Waals surface area (Å²) < 4.78 is 13.4. The molecule has 0 atom stereocenters. The zero-order chi connectivity index (χ0) is 13.8. The summed E-state index contributed by atoms with van der Waals surface area (Å²) in [6, 6.07) is 9.73. The topological polar surface area (TPSA) is 41.5 Å². The molecule has 0 unspecified atom stereocenters. The lowest BCUT2D eigenvalue weighted by molar-refractivity contribution is 0.0951. The van der Waals surface area contributed by atoms with E-state index in [1.165, 1.54) is 23.1 Å². The lowest BCUT2D eigenvalue weighted by Crippen LogP contribution is -2.20. The van der Waals surface area contributed by atoms with Gasteiger partial charge in [-0.2, -0.15) is 5.10 Å². The van der Waals surface area contributed by atoms with E-state index >= 15 is 0 Å². The van der Waals surface area contributed by atoms with Crippen molar-refractivity contribution < 1.29 is 9.18 Å². The maximum Gasteiger partial charge on any atom is 0.274 e. The van der Waals surface area contributed by atoms with E-state index in [0.29, 0.717) is 5.71 Å². The Labute approximate surface area is 114 Å². The van der Waals surface area contributed by atoms with Crippen LogP contribution in [0, 0.1) is 12.7 Å². The van der Waals surface area contributed by atoms with Crippen LogP contribution in [0.2, 0.25) is 0 Å². The fourth-order valence-electron chi connectivity index (χ4n) is 1.52. The predicted molar refractivity (Wildman–Crippen MR) is 75.1 cm³/mol. The Bertz CT molecular complexity index is 634. The molecule has 1 N–H and O–H groups in total. The lowest BCUT2D eigenvalue weighted by atomic mass is 10.2. The highest BCUT2D eigenvalue weighted by Gasteiger charge is 2.10. The SMILES string of the molecule is C/C(=N/NC(=O)c1ccccc1F)c1ccc(C)s1. The molecular formula is C14H13FN2OS. The van der Waals surface area contributed by atoms with E-state index in [2.05, 4.69) is 10.5 Å². The standard InChI is InChI=1S/C14H13FN2OS/c1-9-7-8-13(19-9)10(2)16-17-14(18)11-5-3-4-6-12(11)15/h3-8H,1-2H3,(H,17,18)/b16-10-. The smallest absolute Gasteiger partial charge is 0.267 e. The van der Waals surface area contributed by atoms with E-state index in [1.54, 1.807) is 24.3 Å². The summed E-state index contributed by atoms with van der Waals surface area (Å²) in [5.41, 5.74) is 3.05. The molecule has 1 aromatic heterocycles. The Morgan fingerprint density at radius 2 is 2.00 bits per heavy atom. The summed E-state index contributed by atoms with van der Waals surface area (Å²) in [6.07, 6.45) is 0. The number of nitrogens with zero attached hydrogens (tertiary/aromatic N) is 1. The molecule has 5 heteroatoms. The highest BCUT2D eigenvalue weighted by molar-refractivity contribution is 7.14. The Morgan fingerprint density at radius 3 is 2.63 bits per heavy atom. The molecule has 19 heavy (non-hydrogen) atoms. The van der Waals surface area contributed by atoms with Crippen molar-refractivity contribution in [3.8, 4) is 0 Å². The van der Waals surface area contributed by atoms with Gasteiger partial charge in [0, 0.05) is 4.88 Å². The van der Waals surface area contributed by atoms with E-state index < -0.39 is 11.7 Å². The van der Waals surface area contributed by atoms with Gasteiger partial charge >= 0.3 is 0 Å². The number of hydrogen-bond donors (Lipinski definition) is 1. The molecule has 0 radical (unpaired) electrons. The van der Waals surface area contributed by atoms with Gasteiger partial charge < -0.3 is 0 Å². The van der Waals surface area contributed by atoms with Crippen LogP contribution < -0.4 is 5.43 Å². The Kier molecular flexibility index (Phi) is 4.06. The average Bonchev–Trinajstić information content (AvgIpc) is 2.83. The van der Waals surface area contributed by atoms with E-state index in [1.807, 2.05) is 19.1 Å². The fourth-order valence-corrected chi connectivity index (χ4v) is 2.34. The highest BCUT2D eigenvalue weighted by atomic mass is 32.1. The second kappa shape index (κ2) is 5.75. The second-order valence-corrected chi connectivity index (χ2v) is 5.32. The maximum absolute atomic E-state index is 13.4. The number of carbonyl (C=O) groups excluding carboxylic acids is 1. The van der Waals surface area contributed by atoms with Gasteiger partial charge in [-0.05, 0) is 38.1 Å². The molecule has 1 aromatic carbocycles. The first-order valence-corrected chi connectivity index (χ1v) is 6.55. The fraction of sp³-hybridized carbons (Fsp3) is 0.143. The van der Waals surface area contributed by atoms with Crippen LogP contribution in [0.4, 0.5) is 4.39 Å². The molecule has 2 aromatic rings. The first-order valence-electron chi connectivity index (χ1n) is 5.74. The molecule has 1 amide bonds. The van der Waals surface area contributed by atoms with E-state index in [-0.39, 0.29) is 5.56 Å². The monoisotopic (exact) mass is 276 g/mol. The third-order valence-electron chi connectivity index (χ3n) is 2.54. The third-order valence-corrected chi connectivity index (χ3v) is 3.65. The summed E-state index contributed by atoms with van der Waals surface area (Å²) in [5.74, 6) is -1.11.